The van der Waals surface area contributed by atoms with Gasteiger partial charge in [-0.1, -0.05) is 35.3 Å². The quantitative estimate of drug-likeness (QED) is 0.625. The number of amides is 1. The molecule has 3 aromatic rings. The molecule has 138 valence electrons. The highest BCUT2D eigenvalue weighted by Gasteiger charge is 2.08. The number of hydrogen-bond acceptors (Lipinski definition) is 4. The van der Waals surface area contributed by atoms with Gasteiger partial charge in [0.05, 0.1) is 0 Å². The summed E-state index contributed by atoms with van der Waals surface area (Å²) in [6.45, 7) is 0.467. The van der Waals surface area contributed by atoms with E-state index in [4.69, 9.17) is 33.7 Å². The average molecular weight is 402 g/mol. The molecule has 0 atom stereocenters. The number of carbonyl (C=O) groups excluding carboxylic acids is 1. The second-order valence-corrected chi connectivity index (χ2v) is 6.70. The average Bonchev–Trinajstić information content (AvgIpc) is 2.61. The number of nitrogens with two attached hydrogens (primary N) is 1. The van der Waals surface area contributed by atoms with Crippen LogP contribution in [-0.4, -0.2) is 17.4 Å². The fourth-order valence-corrected chi connectivity index (χ4v) is 3.03. The molecule has 0 saturated heterocycles. The van der Waals surface area contributed by atoms with Crippen LogP contribution in [0.4, 0.5) is 5.82 Å². The maximum atomic E-state index is 12.2. The molecule has 0 saturated carbocycles. The predicted molar refractivity (Wildman–Crippen MR) is 108 cm³/mol. The molecule has 7 heteroatoms. The van der Waals surface area contributed by atoms with Gasteiger partial charge in [-0.05, 0) is 48.4 Å². The minimum absolute atomic E-state index is 0.223. The Morgan fingerprint density at radius 2 is 1.78 bits per heavy atom. The Bertz CT molecular complexity index is 943. The zero-order valence-electron chi connectivity index (χ0n) is 14.3. The van der Waals surface area contributed by atoms with E-state index in [9.17, 15) is 4.79 Å². The van der Waals surface area contributed by atoms with Gasteiger partial charge in [-0.2, -0.15) is 0 Å². The number of nitrogen functional groups attached to an aromatic ring is 1. The summed E-state index contributed by atoms with van der Waals surface area (Å²) in [4.78, 5) is 16.1. The minimum Gasteiger partial charge on any atom is -0.457 e. The van der Waals surface area contributed by atoms with Gasteiger partial charge in [0.25, 0.3) is 5.91 Å². The summed E-state index contributed by atoms with van der Waals surface area (Å²) in [5, 5.41) is 3.71. The van der Waals surface area contributed by atoms with Crippen molar-refractivity contribution in [3.63, 3.8) is 0 Å². The maximum Gasteiger partial charge on any atom is 0.251 e. The number of carbonyl (C=O) groups is 1. The summed E-state index contributed by atoms with van der Waals surface area (Å²) in [5.74, 6) is 1.48. The third-order valence-corrected chi connectivity index (χ3v) is 4.15. The third-order valence-electron chi connectivity index (χ3n) is 3.71. The molecule has 1 aromatic heterocycles. The first-order valence-electron chi connectivity index (χ1n) is 8.22. The Morgan fingerprint density at radius 1 is 1.04 bits per heavy atom. The highest BCUT2D eigenvalue weighted by molar-refractivity contribution is 6.35. The fourth-order valence-electron chi connectivity index (χ4n) is 2.50. The lowest BCUT2D eigenvalue weighted by Crippen LogP contribution is -2.25. The first kappa shape index (κ1) is 19.0. The van der Waals surface area contributed by atoms with E-state index in [1.807, 2.05) is 24.3 Å². The monoisotopic (exact) mass is 401 g/mol. The SMILES string of the molecule is Nc1cc(Oc2cccc(CCNC(=O)c3cc(Cl)cc(Cl)c3)c2)ccn1. The van der Waals surface area contributed by atoms with Gasteiger partial charge < -0.3 is 15.8 Å². The fraction of sp³-hybridized carbons (Fsp3) is 0.100. The molecule has 0 unspecified atom stereocenters. The largest absolute Gasteiger partial charge is 0.457 e. The summed E-state index contributed by atoms with van der Waals surface area (Å²) in [5.41, 5.74) is 7.11. The molecule has 0 fully saturated rings. The topological polar surface area (TPSA) is 77.2 Å². The third kappa shape index (κ3) is 5.61. The van der Waals surface area contributed by atoms with Crippen molar-refractivity contribution in [2.24, 2.45) is 0 Å². The van der Waals surface area contributed by atoms with Crippen molar-refractivity contribution in [2.75, 3.05) is 12.3 Å². The van der Waals surface area contributed by atoms with Crippen molar-refractivity contribution in [3.8, 4) is 11.5 Å². The Balaban J connectivity index is 1.57. The number of halogens is 2. The van der Waals surface area contributed by atoms with E-state index >= 15 is 0 Å². The van der Waals surface area contributed by atoms with E-state index in [-0.39, 0.29) is 5.91 Å². The molecule has 1 amide bonds. The number of ether oxygens (including phenoxy) is 1. The normalized spacial score (nSPS) is 10.4. The van der Waals surface area contributed by atoms with Crippen LogP contribution in [0.2, 0.25) is 10.0 Å². The molecule has 0 aliphatic carbocycles. The van der Waals surface area contributed by atoms with Gasteiger partial charge in [0, 0.05) is 34.4 Å². The highest BCUT2D eigenvalue weighted by atomic mass is 35.5. The Morgan fingerprint density at radius 3 is 2.52 bits per heavy atom. The molecule has 27 heavy (non-hydrogen) atoms. The number of aromatic nitrogens is 1. The number of anilines is 1. The van der Waals surface area contributed by atoms with E-state index in [2.05, 4.69) is 10.3 Å². The van der Waals surface area contributed by atoms with Gasteiger partial charge in [0.2, 0.25) is 0 Å². The van der Waals surface area contributed by atoms with Crippen molar-refractivity contribution in [1.29, 1.82) is 0 Å². The van der Waals surface area contributed by atoms with Crippen LogP contribution in [0.5, 0.6) is 11.5 Å². The number of nitrogens with zero attached hydrogens (tertiary/aromatic N) is 1. The molecular formula is C20H17Cl2N3O2. The molecule has 0 radical (unpaired) electrons. The summed E-state index contributed by atoms with van der Waals surface area (Å²) in [6.07, 6.45) is 2.24. The van der Waals surface area contributed by atoms with Crippen LogP contribution >= 0.6 is 23.2 Å². The Labute approximate surface area is 167 Å². The molecular weight excluding hydrogens is 385 g/mol. The molecule has 0 spiro atoms. The van der Waals surface area contributed by atoms with Crippen LogP contribution in [0.25, 0.3) is 0 Å². The molecule has 0 bridgehead atoms. The second-order valence-electron chi connectivity index (χ2n) is 5.83. The van der Waals surface area contributed by atoms with E-state index < -0.39 is 0 Å². The van der Waals surface area contributed by atoms with Crippen LogP contribution in [0.1, 0.15) is 15.9 Å². The lowest BCUT2D eigenvalue weighted by Gasteiger charge is -2.09. The van der Waals surface area contributed by atoms with Crippen molar-refractivity contribution in [2.45, 2.75) is 6.42 Å². The highest BCUT2D eigenvalue weighted by Crippen LogP contribution is 2.23. The van der Waals surface area contributed by atoms with Crippen LogP contribution < -0.4 is 15.8 Å². The number of benzene rings is 2. The van der Waals surface area contributed by atoms with E-state index in [1.165, 1.54) is 0 Å². The summed E-state index contributed by atoms with van der Waals surface area (Å²) < 4.78 is 5.79. The smallest absolute Gasteiger partial charge is 0.251 e. The second kappa shape index (κ2) is 8.75. The Kier molecular flexibility index (Phi) is 6.16. The lowest BCUT2D eigenvalue weighted by atomic mass is 10.1. The van der Waals surface area contributed by atoms with E-state index in [1.54, 1.807) is 36.5 Å². The van der Waals surface area contributed by atoms with Gasteiger partial charge in [-0.3, -0.25) is 4.79 Å². The van der Waals surface area contributed by atoms with Gasteiger partial charge in [-0.15, -0.1) is 0 Å². The van der Waals surface area contributed by atoms with Crippen molar-refractivity contribution >= 4 is 34.9 Å². The maximum absolute atomic E-state index is 12.2. The molecule has 5 nitrogen and oxygen atoms in total. The van der Waals surface area contributed by atoms with Crippen molar-refractivity contribution < 1.29 is 9.53 Å². The number of pyridine rings is 1. The molecule has 3 rings (SSSR count). The molecule has 2 aromatic carbocycles. The predicted octanol–water partition coefficient (Wildman–Crippen LogP) is 4.74. The first-order chi connectivity index (χ1) is 13.0. The summed E-state index contributed by atoms with van der Waals surface area (Å²) in [7, 11) is 0. The van der Waals surface area contributed by atoms with Crippen molar-refractivity contribution in [3.05, 3.63) is 82.0 Å². The zero-order valence-corrected chi connectivity index (χ0v) is 15.8. The minimum atomic E-state index is -0.223. The van der Waals surface area contributed by atoms with Gasteiger partial charge in [-0.25, -0.2) is 4.98 Å². The van der Waals surface area contributed by atoms with E-state index in [0.717, 1.165) is 5.56 Å². The number of rotatable bonds is 6. The molecule has 1 heterocycles. The van der Waals surface area contributed by atoms with Gasteiger partial charge in [0.1, 0.15) is 17.3 Å². The molecule has 0 aliphatic rings. The number of nitrogens with one attached hydrogen (secondary N) is 1. The van der Waals surface area contributed by atoms with Crippen molar-refractivity contribution in [1.82, 2.24) is 10.3 Å². The summed E-state index contributed by atoms with van der Waals surface area (Å²) >= 11 is 11.9. The number of hydrogen-bond donors (Lipinski definition) is 2. The van der Waals surface area contributed by atoms with Crippen LogP contribution in [0.15, 0.2) is 60.8 Å². The van der Waals surface area contributed by atoms with Crippen LogP contribution in [0.3, 0.4) is 0 Å². The molecule has 3 N–H and O–H groups in total. The molecule has 0 aliphatic heterocycles. The van der Waals surface area contributed by atoms with Crippen LogP contribution in [0, 0.1) is 0 Å². The van der Waals surface area contributed by atoms with Gasteiger partial charge >= 0.3 is 0 Å². The standard InChI is InChI=1S/C20H17Cl2N3O2/c21-15-9-14(10-16(22)11-15)20(26)25-6-4-13-2-1-3-17(8-13)27-18-5-7-24-19(23)12-18/h1-3,5,7-12H,4,6H2,(H2,23,24)(H,25,26). The van der Waals surface area contributed by atoms with E-state index in [0.29, 0.717) is 45.9 Å². The Hall–Kier alpha value is -2.76. The van der Waals surface area contributed by atoms with Gasteiger partial charge in [0.15, 0.2) is 0 Å². The summed E-state index contributed by atoms with van der Waals surface area (Å²) in [6, 6.07) is 15.8. The lowest BCUT2D eigenvalue weighted by molar-refractivity contribution is 0.0954. The zero-order chi connectivity index (χ0) is 19.2. The first-order valence-corrected chi connectivity index (χ1v) is 8.98. The van der Waals surface area contributed by atoms with Crippen LogP contribution in [-0.2, 0) is 6.42 Å².